The number of benzene rings is 1. The Morgan fingerprint density at radius 1 is 1.43 bits per heavy atom. The summed E-state index contributed by atoms with van der Waals surface area (Å²) in [6.45, 7) is 1.90. The number of aliphatic hydroxyl groups excluding tert-OH is 1. The predicted molar refractivity (Wildman–Crippen MR) is 83.9 cm³/mol. The van der Waals surface area contributed by atoms with Crippen molar-refractivity contribution in [3.05, 3.63) is 29.8 Å². The van der Waals surface area contributed by atoms with Crippen molar-refractivity contribution in [3.8, 4) is 5.75 Å². The zero-order chi connectivity index (χ0) is 14.4. The van der Waals surface area contributed by atoms with Crippen LogP contribution in [-0.2, 0) is 11.2 Å². The van der Waals surface area contributed by atoms with Gasteiger partial charge >= 0.3 is 0 Å². The van der Waals surface area contributed by atoms with Gasteiger partial charge in [0.1, 0.15) is 5.75 Å². The molecule has 0 aliphatic carbocycles. The van der Waals surface area contributed by atoms with Crippen LogP contribution in [0.15, 0.2) is 24.3 Å². The van der Waals surface area contributed by atoms with Gasteiger partial charge in [0, 0.05) is 32.0 Å². The van der Waals surface area contributed by atoms with Gasteiger partial charge in [0.25, 0.3) is 0 Å². The molecule has 118 valence electrons. The van der Waals surface area contributed by atoms with E-state index in [-0.39, 0.29) is 30.3 Å². The zero-order valence-electron chi connectivity index (χ0n) is 12.2. The highest BCUT2D eigenvalue weighted by atomic mass is 35.5. The number of carbonyl (C=O) groups is 1. The zero-order valence-corrected chi connectivity index (χ0v) is 13.0. The summed E-state index contributed by atoms with van der Waals surface area (Å²) in [7, 11) is 1.63. The van der Waals surface area contributed by atoms with Crippen molar-refractivity contribution >= 4 is 18.3 Å². The lowest BCUT2D eigenvalue weighted by Crippen LogP contribution is -2.34. The van der Waals surface area contributed by atoms with Crippen molar-refractivity contribution in [2.45, 2.75) is 18.9 Å². The maximum absolute atomic E-state index is 11.8. The molecule has 1 heterocycles. The van der Waals surface area contributed by atoms with E-state index in [1.807, 2.05) is 24.3 Å². The van der Waals surface area contributed by atoms with Crippen LogP contribution < -0.4 is 15.4 Å². The smallest absolute Gasteiger partial charge is 0.220 e. The molecule has 5 nitrogen and oxygen atoms in total. The number of methoxy groups -OCH3 is 1. The van der Waals surface area contributed by atoms with Crippen LogP contribution in [0, 0.1) is 5.92 Å². The van der Waals surface area contributed by atoms with Gasteiger partial charge in [-0.25, -0.2) is 0 Å². The highest BCUT2D eigenvalue weighted by Crippen LogP contribution is 2.18. The number of hydrogen-bond acceptors (Lipinski definition) is 4. The highest BCUT2D eigenvalue weighted by Gasteiger charge is 2.24. The molecule has 0 spiro atoms. The van der Waals surface area contributed by atoms with E-state index in [0.717, 1.165) is 17.9 Å². The number of halogens is 1. The standard InChI is InChI=1S/C15H22N2O3.ClH/c1-20-14-5-3-2-4-11(14)6-7-15(19)17-9-12-8-16-10-13(12)18;/h2-5,12-13,16,18H,6-10H2,1H3,(H,17,19);1H. The van der Waals surface area contributed by atoms with E-state index in [0.29, 0.717) is 25.9 Å². The highest BCUT2D eigenvalue weighted by molar-refractivity contribution is 5.85. The lowest BCUT2D eigenvalue weighted by atomic mass is 10.1. The first-order valence-corrected chi connectivity index (χ1v) is 6.98. The third-order valence-electron chi connectivity index (χ3n) is 3.68. The van der Waals surface area contributed by atoms with Gasteiger partial charge in [-0.15, -0.1) is 12.4 Å². The number of carbonyl (C=O) groups excluding carboxylic acids is 1. The summed E-state index contributed by atoms with van der Waals surface area (Å²) in [6.07, 6.45) is 0.724. The molecule has 0 bridgehead atoms. The minimum Gasteiger partial charge on any atom is -0.496 e. The Morgan fingerprint density at radius 3 is 2.86 bits per heavy atom. The molecule has 1 fully saturated rings. The number of aryl methyl sites for hydroxylation is 1. The summed E-state index contributed by atoms with van der Waals surface area (Å²) in [4.78, 5) is 11.8. The lowest BCUT2D eigenvalue weighted by molar-refractivity contribution is -0.121. The molecule has 1 aliphatic heterocycles. The molecule has 3 N–H and O–H groups in total. The van der Waals surface area contributed by atoms with Crippen LogP contribution in [-0.4, -0.2) is 43.9 Å². The average molecular weight is 315 g/mol. The van der Waals surface area contributed by atoms with Gasteiger partial charge in [0.05, 0.1) is 13.2 Å². The summed E-state index contributed by atoms with van der Waals surface area (Å²) in [5.74, 6) is 0.941. The molecule has 1 aliphatic rings. The van der Waals surface area contributed by atoms with Crippen LogP contribution in [0.1, 0.15) is 12.0 Å². The van der Waals surface area contributed by atoms with Gasteiger partial charge in [0.2, 0.25) is 5.91 Å². The fraction of sp³-hybridized carbons (Fsp3) is 0.533. The maximum atomic E-state index is 11.8. The first-order valence-electron chi connectivity index (χ1n) is 6.98. The van der Waals surface area contributed by atoms with Crippen LogP contribution in [0.5, 0.6) is 5.75 Å². The fourth-order valence-corrected chi connectivity index (χ4v) is 2.42. The number of amides is 1. The monoisotopic (exact) mass is 314 g/mol. The van der Waals surface area contributed by atoms with Crippen molar-refractivity contribution in [2.24, 2.45) is 5.92 Å². The minimum atomic E-state index is -0.357. The topological polar surface area (TPSA) is 70.6 Å². The third-order valence-corrected chi connectivity index (χ3v) is 3.68. The number of nitrogens with one attached hydrogen (secondary N) is 2. The number of β-amino-alcohol motifs (C(OH)–C–C–N with tert-alkyl or cyclic N) is 1. The Labute approximate surface area is 131 Å². The van der Waals surface area contributed by atoms with Crippen molar-refractivity contribution in [1.29, 1.82) is 0 Å². The first-order chi connectivity index (χ1) is 9.70. The molecule has 21 heavy (non-hydrogen) atoms. The predicted octanol–water partition coefficient (Wildman–Crippen LogP) is 0.746. The van der Waals surface area contributed by atoms with E-state index in [1.54, 1.807) is 7.11 Å². The summed E-state index contributed by atoms with van der Waals surface area (Å²) in [5, 5.41) is 15.6. The summed E-state index contributed by atoms with van der Waals surface area (Å²) in [6, 6.07) is 7.72. The van der Waals surface area contributed by atoms with Crippen LogP contribution in [0.4, 0.5) is 0 Å². The van der Waals surface area contributed by atoms with Crippen molar-refractivity contribution in [1.82, 2.24) is 10.6 Å². The molecule has 0 radical (unpaired) electrons. The van der Waals surface area contributed by atoms with Gasteiger partial charge in [0.15, 0.2) is 0 Å². The molecule has 1 aromatic rings. The second-order valence-electron chi connectivity index (χ2n) is 5.10. The molecular weight excluding hydrogens is 292 g/mol. The van der Waals surface area contributed by atoms with E-state index in [4.69, 9.17) is 4.74 Å². The molecule has 2 rings (SSSR count). The Morgan fingerprint density at radius 2 is 2.19 bits per heavy atom. The third kappa shape index (κ3) is 5.19. The number of rotatable bonds is 6. The minimum absolute atomic E-state index is 0. The number of ether oxygens (including phenoxy) is 1. The number of aliphatic hydroxyl groups is 1. The summed E-state index contributed by atoms with van der Waals surface area (Å²) in [5.41, 5.74) is 1.03. The normalized spacial score (nSPS) is 20.7. The van der Waals surface area contributed by atoms with Gasteiger partial charge < -0.3 is 20.5 Å². The molecule has 2 atom stereocenters. The molecule has 1 aromatic carbocycles. The van der Waals surface area contributed by atoms with Crippen LogP contribution in [0.25, 0.3) is 0 Å². The second kappa shape index (κ2) is 8.87. The Hall–Kier alpha value is -1.30. The quantitative estimate of drug-likeness (QED) is 0.724. The van der Waals surface area contributed by atoms with E-state index in [2.05, 4.69) is 10.6 Å². The molecule has 6 heteroatoms. The molecule has 1 amide bonds. The van der Waals surface area contributed by atoms with Gasteiger partial charge in [-0.2, -0.15) is 0 Å². The van der Waals surface area contributed by atoms with Gasteiger partial charge in [-0.3, -0.25) is 4.79 Å². The first kappa shape index (κ1) is 17.8. The maximum Gasteiger partial charge on any atom is 0.220 e. The SMILES string of the molecule is COc1ccccc1CCC(=O)NCC1CNCC1O.Cl. The number of para-hydroxylation sites is 1. The van der Waals surface area contributed by atoms with Crippen LogP contribution in [0.2, 0.25) is 0 Å². The van der Waals surface area contributed by atoms with Crippen molar-refractivity contribution in [3.63, 3.8) is 0 Å². The largest absolute Gasteiger partial charge is 0.496 e. The van der Waals surface area contributed by atoms with Crippen molar-refractivity contribution < 1.29 is 14.6 Å². The summed E-state index contributed by atoms with van der Waals surface area (Å²) < 4.78 is 5.26. The van der Waals surface area contributed by atoms with Gasteiger partial charge in [-0.05, 0) is 18.1 Å². The molecule has 0 aromatic heterocycles. The van der Waals surface area contributed by atoms with E-state index in [1.165, 1.54) is 0 Å². The Balaban J connectivity index is 0.00000220. The molecular formula is C15H23ClN2O3. The Bertz CT molecular complexity index is 456. The van der Waals surface area contributed by atoms with Crippen LogP contribution >= 0.6 is 12.4 Å². The Kier molecular flexibility index (Phi) is 7.50. The molecule has 0 saturated carbocycles. The summed E-state index contributed by atoms with van der Waals surface area (Å²) >= 11 is 0. The molecule has 1 saturated heterocycles. The van der Waals surface area contributed by atoms with Gasteiger partial charge in [-0.1, -0.05) is 18.2 Å². The van der Waals surface area contributed by atoms with E-state index < -0.39 is 0 Å². The molecule has 2 unspecified atom stereocenters. The second-order valence-corrected chi connectivity index (χ2v) is 5.10. The average Bonchev–Trinajstić information content (AvgIpc) is 2.88. The van der Waals surface area contributed by atoms with Crippen LogP contribution in [0.3, 0.4) is 0 Å². The van der Waals surface area contributed by atoms with E-state index in [9.17, 15) is 9.90 Å². The van der Waals surface area contributed by atoms with E-state index >= 15 is 0 Å². The fourth-order valence-electron chi connectivity index (χ4n) is 2.42. The van der Waals surface area contributed by atoms with Crippen molar-refractivity contribution in [2.75, 3.05) is 26.7 Å². The number of hydrogen-bond donors (Lipinski definition) is 3. The lowest BCUT2D eigenvalue weighted by Gasteiger charge is -2.14.